The molecule has 4 aromatic carbocycles. The number of rotatable bonds is 10. The Morgan fingerprint density at radius 1 is 0.895 bits per heavy atom. The molecule has 0 bridgehead atoms. The van der Waals surface area contributed by atoms with Gasteiger partial charge in [0.05, 0.1) is 4.47 Å². The number of halogens is 2. The molecule has 0 aliphatic rings. The molecule has 0 spiro atoms. The van der Waals surface area contributed by atoms with Gasteiger partial charge in [-0.1, -0.05) is 84.4 Å². The van der Waals surface area contributed by atoms with Crippen molar-refractivity contribution in [2.24, 2.45) is 0 Å². The van der Waals surface area contributed by atoms with Gasteiger partial charge in [0.15, 0.2) is 6.61 Å². The molecule has 0 heterocycles. The third-order valence-corrected chi connectivity index (χ3v) is 7.22. The number of fused-ring (bicyclic) bond motifs is 1. The van der Waals surface area contributed by atoms with E-state index in [4.69, 9.17) is 16.3 Å². The van der Waals surface area contributed by atoms with Crippen LogP contribution < -0.4 is 10.1 Å². The molecule has 0 saturated heterocycles. The smallest absolute Gasteiger partial charge is 0.261 e. The Kier molecular flexibility index (Phi) is 9.43. The van der Waals surface area contributed by atoms with E-state index in [9.17, 15) is 9.59 Å². The lowest BCUT2D eigenvalue weighted by Gasteiger charge is -2.32. The van der Waals surface area contributed by atoms with E-state index in [1.54, 1.807) is 17.0 Å². The number of nitrogens with zero attached hydrogens (tertiary/aromatic N) is 1. The summed E-state index contributed by atoms with van der Waals surface area (Å²) in [5.41, 5.74) is 1.83. The summed E-state index contributed by atoms with van der Waals surface area (Å²) in [7, 11) is 0. The summed E-state index contributed by atoms with van der Waals surface area (Å²) in [5, 5.41) is 5.66. The highest BCUT2D eigenvalue weighted by molar-refractivity contribution is 9.10. The van der Waals surface area contributed by atoms with Crippen LogP contribution in [0.15, 0.2) is 95.5 Å². The SMILES string of the molecule is CC(C)NC(=O)[C@@H](Cc1ccccc1)N(Cc1ccc(Cl)cc1)C(=O)COc1ccc2ccccc2c1Br. The van der Waals surface area contributed by atoms with Gasteiger partial charge in [-0.15, -0.1) is 0 Å². The minimum absolute atomic E-state index is 0.0712. The Morgan fingerprint density at radius 3 is 2.29 bits per heavy atom. The maximum Gasteiger partial charge on any atom is 0.261 e. The fraction of sp³-hybridized carbons (Fsp3) is 0.226. The van der Waals surface area contributed by atoms with Crippen molar-refractivity contribution in [3.05, 3.63) is 112 Å². The summed E-state index contributed by atoms with van der Waals surface area (Å²) in [4.78, 5) is 28.8. The van der Waals surface area contributed by atoms with Gasteiger partial charge < -0.3 is 15.0 Å². The normalized spacial score (nSPS) is 11.8. The maximum absolute atomic E-state index is 13.8. The first-order chi connectivity index (χ1) is 18.3. The molecular weight excluding hydrogens is 564 g/mol. The molecule has 4 rings (SSSR count). The summed E-state index contributed by atoms with van der Waals surface area (Å²) in [6.07, 6.45) is 0.373. The Balaban J connectivity index is 1.63. The third-order valence-electron chi connectivity index (χ3n) is 6.15. The van der Waals surface area contributed by atoms with Crippen LogP contribution in [0.1, 0.15) is 25.0 Å². The highest BCUT2D eigenvalue weighted by Gasteiger charge is 2.31. The first-order valence-corrected chi connectivity index (χ1v) is 13.7. The van der Waals surface area contributed by atoms with E-state index in [-0.39, 0.29) is 31.0 Å². The Morgan fingerprint density at radius 2 is 1.58 bits per heavy atom. The summed E-state index contributed by atoms with van der Waals surface area (Å²) < 4.78 is 6.80. The Labute approximate surface area is 236 Å². The molecule has 0 aliphatic carbocycles. The molecule has 5 nitrogen and oxygen atoms in total. The average Bonchev–Trinajstić information content (AvgIpc) is 2.91. The Bertz CT molecular complexity index is 1390. The lowest BCUT2D eigenvalue weighted by molar-refractivity contribution is -0.143. The largest absolute Gasteiger partial charge is 0.483 e. The molecule has 0 aliphatic heterocycles. The van der Waals surface area contributed by atoms with Crippen LogP contribution in [0.2, 0.25) is 5.02 Å². The molecule has 2 amide bonds. The van der Waals surface area contributed by atoms with E-state index in [0.717, 1.165) is 26.4 Å². The summed E-state index contributed by atoms with van der Waals surface area (Å²) in [6, 6.07) is 27.9. The zero-order chi connectivity index (χ0) is 27.1. The van der Waals surface area contributed by atoms with E-state index < -0.39 is 6.04 Å². The molecule has 0 aromatic heterocycles. The van der Waals surface area contributed by atoms with Crippen molar-refractivity contribution < 1.29 is 14.3 Å². The van der Waals surface area contributed by atoms with Crippen LogP contribution in [0.3, 0.4) is 0 Å². The predicted octanol–water partition coefficient (Wildman–Crippen LogP) is 6.80. The van der Waals surface area contributed by atoms with Crippen molar-refractivity contribution in [2.45, 2.75) is 38.9 Å². The van der Waals surface area contributed by atoms with Crippen LogP contribution in [-0.4, -0.2) is 35.4 Å². The van der Waals surface area contributed by atoms with Gasteiger partial charge in [0.25, 0.3) is 5.91 Å². The lowest BCUT2D eigenvalue weighted by Crippen LogP contribution is -2.52. The second-order valence-electron chi connectivity index (χ2n) is 9.40. The van der Waals surface area contributed by atoms with Gasteiger partial charge in [-0.3, -0.25) is 9.59 Å². The minimum atomic E-state index is -0.730. The van der Waals surface area contributed by atoms with Gasteiger partial charge in [0.1, 0.15) is 11.8 Å². The van der Waals surface area contributed by atoms with Crippen molar-refractivity contribution in [1.29, 1.82) is 0 Å². The number of carbonyl (C=O) groups excluding carboxylic acids is 2. The number of carbonyl (C=O) groups is 2. The van der Waals surface area contributed by atoms with Crippen molar-refractivity contribution in [2.75, 3.05) is 6.61 Å². The average molecular weight is 594 g/mol. The predicted molar refractivity (Wildman–Crippen MR) is 156 cm³/mol. The van der Waals surface area contributed by atoms with Crippen molar-refractivity contribution >= 4 is 50.1 Å². The molecule has 196 valence electrons. The molecular formula is C31H30BrClN2O3. The number of hydrogen-bond acceptors (Lipinski definition) is 3. The van der Waals surface area contributed by atoms with E-state index in [1.807, 2.05) is 92.7 Å². The summed E-state index contributed by atoms with van der Waals surface area (Å²) in [5.74, 6) is 0.0626. The lowest BCUT2D eigenvalue weighted by atomic mass is 10.0. The minimum Gasteiger partial charge on any atom is -0.483 e. The molecule has 0 unspecified atom stereocenters. The first-order valence-electron chi connectivity index (χ1n) is 12.5. The monoisotopic (exact) mass is 592 g/mol. The second-order valence-corrected chi connectivity index (χ2v) is 10.6. The van der Waals surface area contributed by atoms with Crippen LogP contribution in [-0.2, 0) is 22.6 Å². The second kappa shape index (κ2) is 12.9. The molecule has 0 fully saturated rings. The van der Waals surface area contributed by atoms with E-state index in [1.165, 1.54) is 0 Å². The maximum atomic E-state index is 13.8. The number of ether oxygens (including phenoxy) is 1. The van der Waals surface area contributed by atoms with E-state index in [0.29, 0.717) is 17.2 Å². The van der Waals surface area contributed by atoms with Crippen LogP contribution in [0.25, 0.3) is 10.8 Å². The van der Waals surface area contributed by atoms with Crippen LogP contribution in [0.4, 0.5) is 0 Å². The number of nitrogens with one attached hydrogen (secondary N) is 1. The van der Waals surface area contributed by atoms with Crippen molar-refractivity contribution in [3.63, 3.8) is 0 Å². The first kappa shape index (κ1) is 27.7. The number of benzene rings is 4. The van der Waals surface area contributed by atoms with Gasteiger partial charge in [-0.2, -0.15) is 0 Å². The molecule has 38 heavy (non-hydrogen) atoms. The standard InChI is InChI=1S/C31H30BrClN2O3/c1-21(2)34-31(37)27(18-22-8-4-3-5-9-22)35(19-23-12-15-25(33)16-13-23)29(36)20-38-28-17-14-24-10-6-7-11-26(24)30(28)32/h3-17,21,27H,18-20H2,1-2H3,(H,34,37)/t27-/m1/s1. The van der Waals surface area contributed by atoms with Gasteiger partial charge in [-0.25, -0.2) is 0 Å². The quantitative estimate of drug-likeness (QED) is 0.220. The van der Waals surface area contributed by atoms with E-state index >= 15 is 0 Å². The zero-order valence-corrected chi connectivity index (χ0v) is 23.7. The van der Waals surface area contributed by atoms with Gasteiger partial charge >= 0.3 is 0 Å². The van der Waals surface area contributed by atoms with Crippen LogP contribution in [0, 0.1) is 0 Å². The molecule has 7 heteroatoms. The molecule has 1 N–H and O–H groups in total. The van der Waals surface area contributed by atoms with Gasteiger partial charge in [0.2, 0.25) is 5.91 Å². The molecule has 1 atom stereocenters. The fourth-order valence-electron chi connectivity index (χ4n) is 4.27. The van der Waals surface area contributed by atoms with Crippen molar-refractivity contribution in [3.8, 4) is 5.75 Å². The molecule has 0 saturated carbocycles. The Hall–Kier alpha value is -3.35. The summed E-state index contributed by atoms with van der Waals surface area (Å²) >= 11 is 9.72. The van der Waals surface area contributed by atoms with Gasteiger partial charge in [0, 0.05) is 24.0 Å². The number of amides is 2. The topological polar surface area (TPSA) is 58.6 Å². The van der Waals surface area contributed by atoms with E-state index in [2.05, 4.69) is 21.2 Å². The number of hydrogen-bond donors (Lipinski definition) is 1. The van der Waals surface area contributed by atoms with Crippen LogP contribution in [0.5, 0.6) is 5.75 Å². The highest BCUT2D eigenvalue weighted by Crippen LogP contribution is 2.33. The van der Waals surface area contributed by atoms with Crippen molar-refractivity contribution in [1.82, 2.24) is 10.2 Å². The van der Waals surface area contributed by atoms with Gasteiger partial charge in [-0.05, 0) is 69.9 Å². The zero-order valence-electron chi connectivity index (χ0n) is 21.4. The fourth-order valence-corrected chi connectivity index (χ4v) is 5.00. The summed E-state index contributed by atoms with van der Waals surface area (Å²) in [6.45, 7) is 3.83. The third kappa shape index (κ3) is 7.15. The molecule has 4 aromatic rings. The highest BCUT2D eigenvalue weighted by atomic mass is 79.9. The molecule has 0 radical (unpaired) electrons. The van der Waals surface area contributed by atoms with Crippen LogP contribution >= 0.6 is 27.5 Å².